The molecule has 0 aliphatic heterocycles. The van der Waals surface area contributed by atoms with Crippen molar-refractivity contribution in [3.05, 3.63) is 114 Å². The number of rotatable bonds is 5. The van der Waals surface area contributed by atoms with Gasteiger partial charge in [0.1, 0.15) is 5.75 Å². The quantitative estimate of drug-likeness (QED) is 0.334. The first-order valence-electron chi connectivity index (χ1n) is 10.7. The van der Waals surface area contributed by atoms with Gasteiger partial charge in [0.15, 0.2) is 0 Å². The van der Waals surface area contributed by atoms with Gasteiger partial charge in [-0.25, -0.2) is 0 Å². The Morgan fingerprint density at radius 2 is 1.16 bits per heavy atom. The molecule has 1 saturated carbocycles. The molecule has 1 aliphatic carbocycles. The molecule has 4 aromatic rings. The zero-order valence-electron chi connectivity index (χ0n) is 17.3. The number of hydrogen-bond acceptors (Lipinski definition) is 3. The highest BCUT2D eigenvalue weighted by atomic mass is 16.5. The van der Waals surface area contributed by atoms with Gasteiger partial charge in [-0.15, -0.1) is 0 Å². The van der Waals surface area contributed by atoms with E-state index in [1.165, 1.54) is 0 Å². The molecule has 4 heteroatoms. The van der Waals surface area contributed by atoms with Crippen molar-refractivity contribution in [3.63, 3.8) is 0 Å². The Hall–Kier alpha value is -3.92. The van der Waals surface area contributed by atoms with Crippen LogP contribution in [0.15, 0.2) is 103 Å². The molecule has 158 valence electrons. The lowest BCUT2D eigenvalue weighted by molar-refractivity contribution is -0.158. The number of carbonyl (C=O) groups is 2. The average molecular weight is 422 g/mol. The molecule has 5 rings (SSSR count). The Morgan fingerprint density at radius 3 is 1.75 bits per heavy atom. The fraction of sp³-hybridized carbons (Fsp3) is 0.143. The predicted octanol–water partition coefficient (Wildman–Crippen LogP) is 5.64. The molecule has 1 N–H and O–H groups in total. The molecule has 0 amide bonds. The second-order valence-corrected chi connectivity index (χ2v) is 8.16. The summed E-state index contributed by atoms with van der Waals surface area (Å²) in [6, 6.07) is 32.2. The van der Waals surface area contributed by atoms with Gasteiger partial charge in [0.2, 0.25) is 0 Å². The molecule has 0 aromatic heterocycles. The van der Waals surface area contributed by atoms with Crippen LogP contribution in [-0.4, -0.2) is 17.0 Å². The van der Waals surface area contributed by atoms with Crippen LogP contribution in [-0.2, 0) is 9.59 Å². The summed E-state index contributed by atoms with van der Waals surface area (Å²) in [5, 5.41) is 11.9. The van der Waals surface area contributed by atoms with Gasteiger partial charge in [0.05, 0.1) is 11.8 Å². The lowest BCUT2D eigenvalue weighted by Gasteiger charge is -2.49. The molecule has 0 spiro atoms. The number of ether oxygens (including phenoxy) is 1. The van der Waals surface area contributed by atoms with Crippen LogP contribution in [0.3, 0.4) is 0 Å². The smallest absolute Gasteiger partial charge is 0.315 e. The van der Waals surface area contributed by atoms with Crippen LogP contribution in [0, 0.1) is 11.8 Å². The molecule has 1 aliphatic rings. The zero-order valence-corrected chi connectivity index (χ0v) is 17.3. The molecule has 4 aromatic carbocycles. The van der Waals surface area contributed by atoms with Gasteiger partial charge in [0.25, 0.3) is 0 Å². The monoisotopic (exact) mass is 422 g/mol. The van der Waals surface area contributed by atoms with Crippen molar-refractivity contribution in [1.29, 1.82) is 0 Å². The van der Waals surface area contributed by atoms with Crippen molar-refractivity contribution in [2.45, 2.75) is 11.8 Å². The van der Waals surface area contributed by atoms with E-state index in [1.54, 1.807) is 6.07 Å². The topological polar surface area (TPSA) is 63.6 Å². The largest absolute Gasteiger partial charge is 0.481 e. The van der Waals surface area contributed by atoms with Crippen LogP contribution >= 0.6 is 0 Å². The van der Waals surface area contributed by atoms with Crippen molar-refractivity contribution >= 4 is 22.7 Å². The summed E-state index contributed by atoms with van der Waals surface area (Å²) >= 11 is 0. The summed E-state index contributed by atoms with van der Waals surface area (Å²) in [6.45, 7) is 0. The van der Waals surface area contributed by atoms with Gasteiger partial charge < -0.3 is 9.84 Å². The molecule has 2 unspecified atom stereocenters. The number of aliphatic carboxylic acids is 1. The van der Waals surface area contributed by atoms with Gasteiger partial charge in [-0.1, -0.05) is 97.1 Å². The zero-order chi connectivity index (χ0) is 22.1. The summed E-state index contributed by atoms with van der Waals surface area (Å²) in [7, 11) is 0. The van der Waals surface area contributed by atoms with Crippen LogP contribution in [0.25, 0.3) is 10.8 Å². The predicted molar refractivity (Wildman–Crippen MR) is 123 cm³/mol. The van der Waals surface area contributed by atoms with Gasteiger partial charge in [-0.05, 0) is 22.6 Å². The summed E-state index contributed by atoms with van der Waals surface area (Å²) in [4.78, 5) is 25.9. The lowest BCUT2D eigenvalue weighted by atomic mass is 9.52. The maximum atomic E-state index is 13.6. The Kier molecular flexibility index (Phi) is 5.20. The summed E-state index contributed by atoms with van der Waals surface area (Å²) in [5.41, 5.74) is 1.68. The minimum absolute atomic E-state index is 0.401. The number of hydrogen-bond donors (Lipinski definition) is 1. The molecular weight excluding hydrogens is 400 g/mol. The molecule has 32 heavy (non-hydrogen) atoms. The van der Waals surface area contributed by atoms with Crippen molar-refractivity contribution in [3.8, 4) is 5.75 Å². The first kappa shape index (κ1) is 20.0. The number of carboxylic acid groups (broad SMARTS) is 1. The van der Waals surface area contributed by atoms with Crippen molar-refractivity contribution in [2.75, 3.05) is 0 Å². The molecule has 1 fully saturated rings. The summed E-state index contributed by atoms with van der Waals surface area (Å²) in [6.07, 6.45) is 0. The highest BCUT2D eigenvalue weighted by Crippen LogP contribution is 2.58. The van der Waals surface area contributed by atoms with Crippen LogP contribution in [0.5, 0.6) is 5.75 Å². The molecule has 4 atom stereocenters. The highest BCUT2D eigenvalue weighted by molar-refractivity contribution is 5.92. The first-order chi connectivity index (χ1) is 15.6. The van der Waals surface area contributed by atoms with Crippen LogP contribution in [0.4, 0.5) is 0 Å². The van der Waals surface area contributed by atoms with Crippen molar-refractivity contribution in [1.82, 2.24) is 0 Å². The molecule has 0 bridgehead atoms. The summed E-state index contributed by atoms with van der Waals surface area (Å²) < 4.78 is 5.93. The van der Waals surface area contributed by atoms with Crippen molar-refractivity contribution in [2.24, 2.45) is 11.8 Å². The number of fused-ring (bicyclic) bond motifs is 1. The van der Waals surface area contributed by atoms with E-state index < -0.39 is 35.6 Å². The van der Waals surface area contributed by atoms with E-state index in [1.807, 2.05) is 97.1 Å². The summed E-state index contributed by atoms with van der Waals surface area (Å²) in [5.74, 6) is -3.03. The van der Waals surface area contributed by atoms with Gasteiger partial charge in [0, 0.05) is 17.2 Å². The Balaban J connectivity index is 1.55. The van der Waals surface area contributed by atoms with E-state index in [9.17, 15) is 14.7 Å². The molecular formula is C28H22O4. The van der Waals surface area contributed by atoms with E-state index >= 15 is 0 Å². The minimum atomic E-state index is -0.901. The third-order valence-corrected chi connectivity index (χ3v) is 6.43. The first-order valence-corrected chi connectivity index (χ1v) is 10.7. The number of carbonyl (C=O) groups excluding carboxylic acids is 1. The van der Waals surface area contributed by atoms with E-state index in [2.05, 4.69) is 0 Å². The standard InChI is InChI=1S/C28H22O4/c29-27(30)25-23(19-11-3-1-4-12-19)26(24(25)20-13-5-2-6-14-20)28(31)32-22-17-9-15-18-10-7-8-16-21(18)22/h1-17,23-26H,(H,29,30)/t23-,24?,25?,26-/m0/s1. The van der Waals surface area contributed by atoms with E-state index in [4.69, 9.17) is 4.74 Å². The van der Waals surface area contributed by atoms with Gasteiger partial charge >= 0.3 is 11.9 Å². The highest BCUT2D eigenvalue weighted by Gasteiger charge is 2.59. The van der Waals surface area contributed by atoms with Gasteiger partial charge in [-0.3, -0.25) is 9.59 Å². The maximum absolute atomic E-state index is 13.6. The average Bonchev–Trinajstić information content (AvgIpc) is 2.80. The fourth-order valence-corrected chi connectivity index (χ4v) is 4.99. The van der Waals surface area contributed by atoms with Gasteiger partial charge in [-0.2, -0.15) is 0 Å². The molecule has 4 nitrogen and oxygen atoms in total. The van der Waals surface area contributed by atoms with E-state index in [0.717, 1.165) is 21.9 Å². The SMILES string of the molecule is O=C(O)C1C(c2ccccc2)[C@@H](C(=O)Oc2cccc3ccccc23)[C@H]1c1ccccc1. The van der Waals surface area contributed by atoms with Crippen LogP contribution in [0.2, 0.25) is 0 Å². The number of benzene rings is 4. The third kappa shape index (κ3) is 3.44. The second kappa shape index (κ2) is 8.31. The lowest BCUT2D eigenvalue weighted by Crippen LogP contribution is -2.52. The van der Waals surface area contributed by atoms with Crippen LogP contribution in [0.1, 0.15) is 23.0 Å². The van der Waals surface area contributed by atoms with Crippen molar-refractivity contribution < 1.29 is 19.4 Å². The molecule has 0 radical (unpaired) electrons. The van der Waals surface area contributed by atoms with E-state index in [-0.39, 0.29) is 0 Å². The second-order valence-electron chi connectivity index (χ2n) is 8.16. The number of esters is 1. The number of carboxylic acids is 1. The third-order valence-electron chi connectivity index (χ3n) is 6.43. The fourth-order valence-electron chi connectivity index (χ4n) is 4.99. The molecule has 0 saturated heterocycles. The van der Waals surface area contributed by atoms with Crippen LogP contribution < -0.4 is 4.74 Å². The Morgan fingerprint density at radius 1 is 0.625 bits per heavy atom. The normalized spacial score (nSPS) is 22.1. The molecule has 0 heterocycles. The maximum Gasteiger partial charge on any atom is 0.315 e. The Bertz CT molecular complexity index is 1210. The van der Waals surface area contributed by atoms with E-state index in [0.29, 0.717) is 5.75 Å². The minimum Gasteiger partial charge on any atom is -0.481 e. The Labute approximate surface area is 186 Å².